The smallest absolute Gasteiger partial charge is 0.191 e. The van der Waals surface area contributed by atoms with Crippen molar-refractivity contribution >= 4 is 23.5 Å². The molecule has 0 saturated carbocycles. The second kappa shape index (κ2) is 10.0. The summed E-state index contributed by atoms with van der Waals surface area (Å²) in [4.78, 5) is 10.7. The summed E-state index contributed by atoms with van der Waals surface area (Å²) in [5.41, 5.74) is 3.16. The molecule has 0 radical (unpaired) electrons. The van der Waals surface area contributed by atoms with Gasteiger partial charge >= 0.3 is 0 Å². The number of nitrogens with one attached hydrogen (secondary N) is 2. The number of hydrogen-bond donors (Lipinski definition) is 2. The van der Waals surface area contributed by atoms with Crippen LogP contribution in [0.25, 0.3) is 0 Å². The molecular weight excluding hydrogens is 349 g/mol. The first-order valence-corrected chi connectivity index (χ1v) is 9.76. The molecule has 1 aromatic carbocycles. The van der Waals surface area contributed by atoms with E-state index < -0.39 is 0 Å². The first-order valence-electron chi connectivity index (χ1n) is 8.37. The second-order valence-corrected chi connectivity index (χ2v) is 6.87. The molecule has 7 heteroatoms. The van der Waals surface area contributed by atoms with E-state index in [4.69, 9.17) is 0 Å². The summed E-state index contributed by atoms with van der Waals surface area (Å²) >= 11 is 1.68. The molecule has 0 amide bonds. The highest BCUT2D eigenvalue weighted by Gasteiger charge is 2.08. The highest BCUT2D eigenvalue weighted by atomic mass is 32.2. The third-order valence-electron chi connectivity index (χ3n) is 3.88. The van der Waals surface area contributed by atoms with Crippen molar-refractivity contribution in [3.8, 4) is 0 Å². The second-order valence-electron chi connectivity index (χ2n) is 6.01. The summed E-state index contributed by atoms with van der Waals surface area (Å²) in [5.74, 6) is 2.20. The van der Waals surface area contributed by atoms with Gasteiger partial charge in [0.05, 0.1) is 0 Å². The lowest BCUT2D eigenvalue weighted by Crippen LogP contribution is -2.36. The van der Waals surface area contributed by atoms with Crippen LogP contribution in [0.3, 0.4) is 0 Å². The molecule has 0 fully saturated rings. The van der Waals surface area contributed by atoms with Crippen molar-refractivity contribution in [2.75, 3.05) is 32.3 Å². The lowest BCUT2D eigenvalue weighted by atomic mass is 10.1. The van der Waals surface area contributed by atoms with Gasteiger partial charge in [-0.15, -0.1) is 0 Å². The Bertz CT molecular complexity index is 748. The minimum Gasteiger partial charge on any atom is -0.362 e. The maximum Gasteiger partial charge on any atom is 0.191 e. The van der Waals surface area contributed by atoms with E-state index in [2.05, 4.69) is 20.6 Å². The zero-order valence-corrected chi connectivity index (χ0v) is 16.5. The predicted molar refractivity (Wildman–Crippen MR) is 109 cm³/mol. The van der Waals surface area contributed by atoms with Gasteiger partial charge in [-0.3, -0.25) is 4.99 Å². The number of halogens is 1. The van der Waals surface area contributed by atoms with E-state index in [9.17, 15) is 4.39 Å². The summed E-state index contributed by atoms with van der Waals surface area (Å²) in [6.45, 7) is 1.20. The average Bonchev–Trinajstić information content (AvgIpc) is 2.63. The Morgan fingerprint density at radius 2 is 1.88 bits per heavy atom. The molecule has 1 aromatic heterocycles. The molecule has 5 nitrogen and oxygen atoms in total. The molecule has 0 aliphatic carbocycles. The summed E-state index contributed by atoms with van der Waals surface area (Å²) in [6, 6.07) is 8.89. The molecule has 0 aliphatic heterocycles. The summed E-state index contributed by atoms with van der Waals surface area (Å²) in [6.07, 6.45) is 3.80. The van der Waals surface area contributed by atoms with E-state index in [0.29, 0.717) is 19.0 Å². The molecule has 0 bridgehead atoms. The van der Waals surface area contributed by atoms with Crippen molar-refractivity contribution in [2.24, 2.45) is 4.99 Å². The largest absolute Gasteiger partial charge is 0.362 e. The van der Waals surface area contributed by atoms with Gasteiger partial charge in [0, 0.05) is 51.7 Å². The van der Waals surface area contributed by atoms with Gasteiger partial charge in [-0.25, -0.2) is 9.37 Å². The Morgan fingerprint density at radius 3 is 2.54 bits per heavy atom. The van der Waals surface area contributed by atoms with Gasteiger partial charge in [-0.1, -0.05) is 12.1 Å². The van der Waals surface area contributed by atoms with Crippen LogP contribution in [0.1, 0.15) is 16.7 Å². The molecule has 140 valence electrons. The van der Waals surface area contributed by atoms with Gasteiger partial charge in [-0.2, -0.15) is 11.8 Å². The molecule has 1 heterocycles. The topological polar surface area (TPSA) is 52.6 Å². The highest BCUT2D eigenvalue weighted by Crippen LogP contribution is 2.17. The predicted octanol–water partition coefficient (Wildman–Crippen LogP) is 3.01. The molecule has 0 atom stereocenters. The van der Waals surface area contributed by atoms with E-state index >= 15 is 0 Å². The molecule has 26 heavy (non-hydrogen) atoms. The van der Waals surface area contributed by atoms with Gasteiger partial charge in [0.1, 0.15) is 11.6 Å². The van der Waals surface area contributed by atoms with Crippen LogP contribution in [0.2, 0.25) is 0 Å². The van der Waals surface area contributed by atoms with Crippen molar-refractivity contribution in [3.63, 3.8) is 0 Å². The number of benzene rings is 1. The molecule has 0 unspecified atom stereocenters. The first-order chi connectivity index (χ1) is 12.5. The fourth-order valence-electron chi connectivity index (χ4n) is 2.61. The fraction of sp³-hybridized carbons (Fsp3) is 0.368. The lowest BCUT2D eigenvalue weighted by molar-refractivity contribution is 0.625. The lowest BCUT2D eigenvalue weighted by Gasteiger charge is -2.18. The number of aliphatic imine (C=N–C) groups is 1. The van der Waals surface area contributed by atoms with Crippen LogP contribution in [-0.2, 0) is 18.8 Å². The van der Waals surface area contributed by atoms with Gasteiger partial charge in [0.15, 0.2) is 5.96 Å². The van der Waals surface area contributed by atoms with Crippen LogP contribution >= 0.6 is 11.8 Å². The highest BCUT2D eigenvalue weighted by molar-refractivity contribution is 7.97. The van der Waals surface area contributed by atoms with E-state index in [0.717, 1.165) is 28.3 Å². The number of pyridine rings is 1. The third-order valence-corrected chi connectivity index (χ3v) is 4.48. The Balaban J connectivity index is 1.99. The Morgan fingerprint density at radius 1 is 1.15 bits per heavy atom. The van der Waals surface area contributed by atoms with E-state index in [-0.39, 0.29) is 5.82 Å². The Labute approximate surface area is 159 Å². The molecule has 0 spiro atoms. The van der Waals surface area contributed by atoms with Crippen LogP contribution in [-0.4, -0.2) is 38.3 Å². The molecule has 2 aromatic rings. The molecule has 0 aliphatic rings. The first kappa shape index (κ1) is 20.0. The Kier molecular flexibility index (Phi) is 7.72. The molecular formula is C19H26FN5S. The molecule has 0 saturated heterocycles. The standard InChI is InChI=1S/C19H26FN5S/c1-21-19(24-12-15-6-5-9-22-18(15)25(2)3)23-11-14-7-8-17(20)10-16(14)13-26-4/h5-10H,11-13H2,1-4H3,(H2,21,23,24). The van der Waals surface area contributed by atoms with Crippen molar-refractivity contribution < 1.29 is 4.39 Å². The van der Waals surface area contributed by atoms with Crippen molar-refractivity contribution in [3.05, 3.63) is 59.0 Å². The maximum absolute atomic E-state index is 13.5. The van der Waals surface area contributed by atoms with Gasteiger partial charge in [0.2, 0.25) is 0 Å². The average molecular weight is 376 g/mol. The summed E-state index contributed by atoms with van der Waals surface area (Å²) < 4.78 is 13.5. The normalized spacial score (nSPS) is 11.3. The van der Waals surface area contributed by atoms with Crippen LogP contribution in [0.15, 0.2) is 41.5 Å². The quantitative estimate of drug-likeness (QED) is 0.576. The van der Waals surface area contributed by atoms with Crippen LogP contribution in [0.4, 0.5) is 10.2 Å². The zero-order chi connectivity index (χ0) is 18.9. The van der Waals surface area contributed by atoms with Crippen molar-refractivity contribution in [1.29, 1.82) is 0 Å². The van der Waals surface area contributed by atoms with Crippen LogP contribution in [0.5, 0.6) is 0 Å². The summed E-state index contributed by atoms with van der Waals surface area (Å²) in [5, 5.41) is 6.60. The molecule has 2 N–H and O–H groups in total. The number of hydrogen-bond acceptors (Lipinski definition) is 4. The Hall–Kier alpha value is -2.28. The number of guanidine groups is 1. The SMILES string of the molecule is CN=C(NCc1ccc(F)cc1CSC)NCc1cccnc1N(C)C. The minimum atomic E-state index is -0.201. The van der Waals surface area contributed by atoms with Gasteiger partial charge in [0.25, 0.3) is 0 Å². The third kappa shape index (κ3) is 5.62. The fourth-order valence-corrected chi connectivity index (χ4v) is 3.19. The minimum absolute atomic E-state index is 0.201. The van der Waals surface area contributed by atoms with E-state index in [1.54, 1.807) is 31.1 Å². The maximum atomic E-state index is 13.5. The summed E-state index contributed by atoms with van der Waals surface area (Å²) in [7, 11) is 5.68. The number of aromatic nitrogens is 1. The van der Waals surface area contributed by atoms with Crippen LogP contribution in [0, 0.1) is 5.82 Å². The van der Waals surface area contributed by atoms with Gasteiger partial charge < -0.3 is 15.5 Å². The number of thioether (sulfide) groups is 1. The van der Waals surface area contributed by atoms with E-state index in [1.165, 1.54) is 6.07 Å². The van der Waals surface area contributed by atoms with E-state index in [1.807, 2.05) is 43.5 Å². The monoisotopic (exact) mass is 375 g/mol. The zero-order valence-electron chi connectivity index (χ0n) is 15.7. The molecule has 2 rings (SSSR count). The van der Waals surface area contributed by atoms with Crippen molar-refractivity contribution in [1.82, 2.24) is 15.6 Å². The van der Waals surface area contributed by atoms with Gasteiger partial charge in [-0.05, 0) is 35.6 Å². The van der Waals surface area contributed by atoms with Crippen molar-refractivity contribution in [2.45, 2.75) is 18.8 Å². The number of nitrogens with zero attached hydrogens (tertiary/aromatic N) is 3. The number of rotatable bonds is 7. The van der Waals surface area contributed by atoms with Crippen LogP contribution < -0.4 is 15.5 Å². The number of anilines is 1.